The number of phosphoric acid groups is 1. The molecule has 56 heavy (non-hydrogen) atoms. The zero-order chi connectivity index (χ0) is 41.4. The molecule has 0 aliphatic carbocycles. The highest BCUT2D eigenvalue weighted by atomic mass is 31.2. The molecule has 0 aromatic heterocycles. The van der Waals surface area contributed by atoms with E-state index in [1.165, 1.54) is 51.4 Å². The lowest BCUT2D eigenvalue weighted by Crippen LogP contribution is -2.34. The maximum absolute atomic E-state index is 12.6. The number of rotatable bonds is 38. The van der Waals surface area contributed by atoms with Gasteiger partial charge in [-0.1, -0.05) is 138 Å². The zero-order valence-electron chi connectivity index (χ0n) is 34.4. The molecule has 0 saturated carbocycles. The summed E-state index contributed by atoms with van der Waals surface area (Å²) in [7, 11) is -4.73. The molecule has 0 spiro atoms. The van der Waals surface area contributed by atoms with Crippen LogP contribution in [0.1, 0.15) is 155 Å². The minimum atomic E-state index is -4.73. The number of carbonyl (C=O) groups is 3. The fourth-order valence-corrected chi connectivity index (χ4v) is 5.88. The van der Waals surface area contributed by atoms with E-state index in [1.807, 2.05) is 12.2 Å². The Morgan fingerprint density at radius 2 is 0.982 bits per heavy atom. The van der Waals surface area contributed by atoms with Crippen molar-refractivity contribution in [3.63, 3.8) is 0 Å². The average Bonchev–Trinajstić information content (AvgIpc) is 3.17. The summed E-state index contributed by atoms with van der Waals surface area (Å²) < 4.78 is 32.5. The van der Waals surface area contributed by atoms with Crippen molar-refractivity contribution >= 4 is 25.7 Å². The Kier molecular flexibility index (Phi) is 36.6. The molecule has 0 bridgehead atoms. The molecule has 11 nitrogen and oxygen atoms in total. The first-order valence-corrected chi connectivity index (χ1v) is 22.5. The second-order valence-electron chi connectivity index (χ2n) is 13.8. The molecule has 4 N–H and O–H groups in total. The van der Waals surface area contributed by atoms with E-state index < -0.39 is 57.7 Å². The van der Waals surface area contributed by atoms with Gasteiger partial charge in [-0.05, 0) is 77.0 Å². The van der Waals surface area contributed by atoms with Crippen molar-refractivity contribution in [2.45, 2.75) is 167 Å². The topological polar surface area (TPSA) is 172 Å². The third-order valence-electron chi connectivity index (χ3n) is 8.44. The fourth-order valence-electron chi connectivity index (χ4n) is 5.10. The summed E-state index contributed by atoms with van der Waals surface area (Å²) in [5.74, 6) is -2.50. The molecule has 0 fully saturated rings. The van der Waals surface area contributed by atoms with E-state index in [0.29, 0.717) is 12.8 Å². The van der Waals surface area contributed by atoms with Gasteiger partial charge >= 0.3 is 25.7 Å². The Morgan fingerprint density at radius 3 is 1.54 bits per heavy atom. The van der Waals surface area contributed by atoms with Crippen molar-refractivity contribution in [2.24, 2.45) is 5.73 Å². The quantitative estimate of drug-likeness (QED) is 0.0235. The second kappa shape index (κ2) is 38.8. The lowest BCUT2D eigenvalue weighted by atomic mass is 10.1. The van der Waals surface area contributed by atoms with E-state index in [4.69, 9.17) is 24.8 Å². The van der Waals surface area contributed by atoms with Gasteiger partial charge in [-0.3, -0.25) is 23.4 Å². The average molecular weight is 808 g/mol. The third kappa shape index (κ3) is 37.8. The van der Waals surface area contributed by atoms with Crippen LogP contribution in [0.2, 0.25) is 0 Å². The molecule has 0 radical (unpaired) electrons. The van der Waals surface area contributed by atoms with Gasteiger partial charge in [-0.15, -0.1) is 0 Å². The van der Waals surface area contributed by atoms with Crippen molar-refractivity contribution in [2.75, 3.05) is 19.8 Å². The summed E-state index contributed by atoms with van der Waals surface area (Å²) >= 11 is 0. The summed E-state index contributed by atoms with van der Waals surface area (Å²) in [5, 5.41) is 8.87. The number of nitrogens with two attached hydrogens (primary N) is 1. The van der Waals surface area contributed by atoms with Crippen LogP contribution >= 0.6 is 7.82 Å². The molecule has 3 atom stereocenters. The first-order chi connectivity index (χ1) is 27.1. The standard InChI is InChI=1S/C44H74NO10P/c1-3-5-7-9-11-13-15-17-18-19-20-21-22-24-25-27-29-31-33-35-42(46)52-37-40(38-53-56(50,51)54-39-41(45)44(48)49)55-43(47)36-34-32-30-28-26-23-16-14-12-10-8-6-4-2/h11,13-14,16-18,20-21,24-25,29,31,40-41H,3-10,12,15,19,22-23,26-28,30,32-39,45H2,1-2H3,(H,48,49)(H,50,51)/b13-11+,16-14+,18-17+,21-20+,25-24+,31-29+/t40-,41+/m0/s1. The highest BCUT2D eigenvalue weighted by Crippen LogP contribution is 2.43. The number of hydrogen-bond donors (Lipinski definition) is 3. The van der Waals surface area contributed by atoms with E-state index in [9.17, 15) is 23.8 Å². The van der Waals surface area contributed by atoms with Crippen LogP contribution in [0.3, 0.4) is 0 Å². The summed E-state index contributed by atoms with van der Waals surface area (Å²) in [4.78, 5) is 45.8. The van der Waals surface area contributed by atoms with Gasteiger partial charge in [0.05, 0.1) is 13.2 Å². The van der Waals surface area contributed by atoms with Crippen molar-refractivity contribution in [3.05, 3.63) is 72.9 Å². The molecule has 0 aromatic rings. The molecule has 1 unspecified atom stereocenters. The number of carboxylic acid groups (broad SMARTS) is 1. The SMILES string of the molecule is CCCCC/C=C/C/C=C/C/C=C/C/C=C/C/C=C/CCC(=O)OC[C@@H](COP(=O)(O)OC[C@@H](N)C(=O)O)OC(=O)CCCCCCC/C=C/CCCCCC. The van der Waals surface area contributed by atoms with Gasteiger partial charge in [0.2, 0.25) is 0 Å². The number of unbranched alkanes of at least 4 members (excludes halogenated alkanes) is 12. The van der Waals surface area contributed by atoms with Crippen LogP contribution in [0.4, 0.5) is 0 Å². The van der Waals surface area contributed by atoms with Crippen molar-refractivity contribution in [1.82, 2.24) is 0 Å². The normalized spacial score (nSPS) is 14.5. The second-order valence-corrected chi connectivity index (χ2v) is 15.2. The summed E-state index contributed by atoms with van der Waals surface area (Å²) in [6, 6.07) is -1.53. The van der Waals surface area contributed by atoms with Crippen molar-refractivity contribution < 1.29 is 47.5 Å². The molecular formula is C44H74NO10P. The highest BCUT2D eigenvalue weighted by molar-refractivity contribution is 7.47. The van der Waals surface area contributed by atoms with Gasteiger partial charge in [0.15, 0.2) is 6.10 Å². The summed E-state index contributed by atoms with van der Waals surface area (Å²) in [5.41, 5.74) is 5.32. The predicted molar refractivity (Wildman–Crippen MR) is 226 cm³/mol. The Bertz CT molecular complexity index is 1230. The van der Waals surface area contributed by atoms with Crippen LogP contribution < -0.4 is 5.73 Å². The van der Waals surface area contributed by atoms with E-state index in [2.05, 4.69) is 79.1 Å². The largest absolute Gasteiger partial charge is 0.480 e. The zero-order valence-corrected chi connectivity index (χ0v) is 35.3. The molecular weight excluding hydrogens is 733 g/mol. The van der Waals surface area contributed by atoms with Gasteiger partial charge in [0.25, 0.3) is 0 Å². The Labute approximate surface area is 338 Å². The lowest BCUT2D eigenvalue weighted by Gasteiger charge is -2.20. The number of ether oxygens (including phenoxy) is 2. The number of hydrogen-bond acceptors (Lipinski definition) is 9. The number of aliphatic carboxylic acids is 1. The summed E-state index contributed by atoms with van der Waals surface area (Å²) in [6.07, 6.45) is 45.5. The van der Waals surface area contributed by atoms with Gasteiger partial charge in [0, 0.05) is 12.8 Å². The molecule has 0 saturated heterocycles. The van der Waals surface area contributed by atoms with Crippen LogP contribution in [0, 0.1) is 0 Å². The Morgan fingerprint density at radius 1 is 0.554 bits per heavy atom. The molecule has 0 rings (SSSR count). The van der Waals surface area contributed by atoms with Crippen LogP contribution in [-0.4, -0.2) is 59.9 Å². The number of phosphoric ester groups is 1. The molecule has 12 heteroatoms. The molecule has 0 heterocycles. The van der Waals surface area contributed by atoms with E-state index in [1.54, 1.807) is 0 Å². The smallest absolute Gasteiger partial charge is 0.472 e. The van der Waals surface area contributed by atoms with Crippen LogP contribution in [0.25, 0.3) is 0 Å². The monoisotopic (exact) mass is 808 g/mol. The fraction of sp³-hybridized carbons (Fsp3) is 0.659. The minimum absolute atomic E-state index is 0.0933. The van der Waals surface area contributed by atoms with Crippen LogP contribution in [0.15, 0.2) is 72.9 Å². The van der Waals surface area contributed by atoms with Crippen molar-refractivity contribution in [3.8, 4) is 0 Å². The minimum Gasteiger partial charge on any atom is -0.480 e. The Hall–Kier alpha value is -3.08. The van der Waals surface area contributed by atoms with Gasteiger partial charge in [0.1, 0.15) is 12.6 Å². The predicted octanol–water partition coefficient (Wildman–Crippen LogP) is 10.9. The first-order valence-electron chi connectivity index (χ1n) is 21.0. The van der Waals surface area contributed by atoms with Crippen molar-refractivity contribution in [1.29, 1.82) is 0 Å². The van der Waals surface area contributed by atoms with Crippen LogP contribution in [0.5, 0.6) is 0 Å². The Balaban J connectivity index is 4.53. The maximum Gasteiger partial charge on any atom is 0.472 e. The molecule has 320 valence electrons. The van der Waals surface area contributed by atoms with Gasteiger partial charge in [-0.2, -0.15) is 0 Å². The van der Waals surface area contributed by atoms with Gasteiger partial charge in [-0.25, -0.2) is 4.57 Å². The molecule has 0 aliphatic heterocycles. The van der Waals surface area contributed by atoms with Crippen LogP contribution in [-0.2, 0) is 37.5 Å². The van der Waals surface area contributed by atoms with Gasteiger partial charge < -0.3 is 25.2 Å². The number of allylic oxidation sites excluding steroid dienone is 12. The number of carboxylic acids is 1. The summed E-state index contributed by atoms with van der Waals surface area (Å²) in [6.45, 7) is 2.65. The van der Waals surface area contributed by atoms with E-state index in [0.717, 1.165) is 64.2 Å². The van der Waals surface area contributed by atoms with E-state index >= 15 is 0 Å². The maximum atomic E-state index is 12.6. The van der Waals surface area contributed by atoms with E-state index in [-0.39, 0.29) is 12.8 Å². The number of carbonyl (C=O) groups excluding carboxylic acids is 2. The number of esters is 2. The first kappa shape index (κ1) is 52.9. The third-order valence-corrected chi connectivity index (χ3v) is 9.39. The molecule has 0 aliphatic rings. The lowest BCUT2D eigenvalue weighted by molar-refractivity contribution is -0.161. The molecule has 0 amide bonds. The highest BCUT2D eigenvalue weighted by Gasteiger charge is 2.28. The molecule has 0 aromatic carbocycles.